The normalized spacial score (nSPS) is 11.1. The molecule has 110 valence electrons. The van der Waals surface area contributed by atoms with E-state index in [1.165, 1.54) is 19.8 Å². The van der Waals surface area contributed by atoms with Gasteiger partial charge in [0.15, 0.2) is 0 Å². The highest BCUT2D eigenvalue weighted by atomic mass is 16.5. The van der Waals surface area contributed by atoms with Crippen LogP contribution in [-0.4, -0.2) is 12.6 Å². The summed E-state index contributed by atoms with van der Waals surface area (Å²) in [6.45, 7) is 3.99. The van der Waals surface area contributed by atoms with Crippen molar-refractivity contribution in [2.45, 2.75) is 52.4 Å². The molecule has 0 heterocycles. The maximum absolute atomic E-state index is 10.5. The highest BCUT2D eigenvalue weighted by molar-refractivity contribution is 5.65. The van der Waals surface area contributed by atoms with E-state index < -0.39 is 0 Å². The molecule has 0 unspecified atom stereocenters. The van der Waals surface area contributed by atoms with Crippen LogP contribution in [0.1, 0.15) is 52.4 Å². The molecule has 0 aromatic heterocycles. The van der Waals surface area contributed by atoms with Gasteiger partial charge in [0.05, 0.1) is 6.61 Å². The molecule has 0 aliphatic rings. The van der Waals surface area contributed by atoms with Gasteiger partial charge < -0.3 is 4.74 Å². The van der Waals surface area contributed by atoms with Crippen LogP contribution < -0.4 is 0 Å². The Morgan fingerprint density at radius 3 is 2.45 bits per heavy atom. The molecule has 0 atom stereocenters. The van der Waals surface area contributed by atoms with Gasteiger partial charge in [-0.15, -0.1) is 0 Å². The van der Waals surface area contributed by atoms with Crippen molar-refractivity contribution in [3.63, 3.8) is 0 Å². The van der Waals surface area contributed by atoms with Gasteiger partial charge in [0.1, 0.15) is 0 Å². The summed E-state index contributed by atoms with van der Waals surface area (Å²) >= 11 is 0. The predicted molar refractivity (Wildman–Crippen MR) is 85.2 cm³/mol. The molecule has 2 nitrogen and oxygen atoms in total. The van der Waals surface area contributed by atoms with E-state index in [1.807, 2.05) is 43.4 Å². The first-order valence-electron chi connectivity index (χ1n) is 7.33. The second kappa shape index (κ2) is 15.3. The summed E-state index contributed by atoms with van der Waals surface area (Å²) in [7, 11) is 0. The Bertz CT molecular complexity index is 378. The van der Waals surface area contributed by atoms with E-state index in [0.29, 0.717) is 6.61 Å². The van der Waals surface area contributed by atoms with Crippen molar-refractivity contribution in [3.05, 3.63) is 36.5 Å². The molecule has 0 bridgehead atoms. The largest absolute Gasteiger partial charge is 0.466 e. The molecule has 0 amide bonds. The lowest BCUT2D eigenvalue weighted by Crippen LogP contribution is -1.99. The van der Waals surface area contributed by atoms with Crippen LogP contribution in [0.4, 0.5) is 0 Å². The molecule has 0 aliphatic carbocycles. The smallest absolute Gasteiger partial charge is 0.302 e. The minimum atomic E-state index is -0.186. The van der Waals surface area contributed by atoms with Gasteiger partial charge in [0, 0.05) is 13.3 Å². The van der Waals surface area contributed by atoms with Crippen LogP contribution in [0.5, 0.6) is 0 Å². The fourth-order valence-corrected chi connectivity index (χ4v) is 1.54. The van der Waals surface area contributed by atoms with E-state index in [4.69, 9.17) is 4.74 Å². The van der Waals surface area contributed by atoms with Crippen molar-refractivity contribution >= 4 is 5.97 Å². The predicted octanol–water partition coefficient (Wildman–Crippen LogP) is 4.58. The van der Waals surface area contributed by atoms with Crippen LogP contribution in [-0.2, 0) is 9.53 Å². The molecule has 0 spiro atoms. The minimum Gasteiger partial charge on any atom is -0.466 e. The van der Waals surface area contributed by atoms with E-state index in [9.17, 15) is 4.79 Å². The number of carbonyl (C=O) groups excluding carboxylic acids is 1. The van der Waals surface area contributed by atoms with Gasteiger partial charge in [-0.1, -0.05) is 61.5 Å². The van der Waals surface area contributed by atoms with Crippen molar-refractivity contribution in [1.29, 1.82) is 0 Å². The Balaban J connectivity index is 3.34. The van der Waals surface area contributed by atoms with Crippen LogP contribution in [0.15, 0.2) is 36.5 Å². The highest BCUT2D eigenvalue weighted by Gasteiger charge is 1.93. The van der Waals surface area contributed by atoms with Gasteiger partial charge in [-0.2, -0.15) is 0 Å². The molecule has 2 heteroatoms. The Morgan fingerprint density at radius 2 is 1.70 bits per heavy atom. The molecule has 0 aromatic carbocycles. The highest BCUT2D eigenvalue weighted by Crippen LogP contribution is 2.05. The van der Waals surface area contributed by atoms with Crippen molar-refractivity contribution in [1.82, 2.24) is 0 Å². The average Bonchev–Trinajstić information content (AvgIpc) is 2.43. The third kappa shape index (κ3) is 16.2. The van der Waals surface area contributed by atoms with Gasteiger partial charge in [0.25, 0.3) is 0 Å². The summed E-state index contributed by atoms with van der Waals surface area (Å²) in [6, 6.07) is 0. The van der Waals surface area contributed by atoms with Gasteiger partial charge in [-0.3, -0.25) is 4.79 Å². The monoisotopic (exact) mass is 274 g/mol. The molecule has 0 rings (SSSR count). The molecule has 20 heavy (non-hydrogen) atoms. The lowest BCUT2D eigenvalue weighted by molar-refractivity contribution is -0.141. The maximum atomic E-state index is 10.5. The summed E-state index contributed by atoms with van der Waals surface area (Å²) in [5, 5.41) is 0. The Hall–Kier alpha value is -1.75. The number of carbonyl (C=O) groups is 1. The molecular formula is C18H26O2. The second-order valence-electron chi connectivity index (χ2n) is 4.45. The van der Waals surface area contributed by atoms with Crippen LogP contribution in [0.2, 0.25) is 0 Å². The first kappa shape index (κ1) is 18.2. The van der Waals surface area contributed by atoms with Gasteiger partial charge in [0.2, 0.25) is 0 Å². The number of esters is 1. The van der Waals surface area contributed by atoms with Crippen LogP contribution in [0.3, 0.4) is 0 Å². The molecular weight excluding hydrogens is 248 g/mol. The topological polar surface area (TPSA) is 26.3 Å². The lowest BCUT2D eigenvalue weighted by Gasteiger charge is -2.01. The summed E-state index contributed by atoms with van der Waals surface area (Å²) in [5.41, 5.74) is 0. The average molecular weight is 274 g/mol. The number of unbranched alkanes of at least 4 members (excludes halogenated alkanes) is 5. The lowest BCUT2D eigenvalue weighted by atomic mass is 10.1. The molecule has 0 aliphatic heterocycles. The molecule has 0 radical (unpaired) electrons. The number of hydrogen-bond donors (Lipinski definition) is 0. The summed E-state index contributed by atoms with van der Waals surface area (Å²) in [4.78, 5) is 10.5. The van der Waals surface area contributed by atoms with Crippen LogP contribution in [0, 0.1) is 11.8 Å². The van der Waals surface area contributed by atoms with E-state index in [0.717, 1.165) is 25.7 Å². The summed E-state index contributed by atoms with van der Waals surface area (Å²) in [6.07, 6.45) is 18.3. The van der Waals surface area contributed by atoms with E-state index in [1.54, 1.807) is 0 Å². The zero-order valence-corrected chi connectivity index (χ0v) is 12.7. The van der Waals surface area contributed by atoms with Crippen molar-refractivity contribution in [2.75, 3.05) is 6.61 Å². The molecule has 0 saturated heterocycles. The molecule has 0 aromatic rings. The first-order chi connectivity index (χ1) is 9.77. The SMILES string of the molecule is C/C=C/C=C/C=C/C#CCCCCCCCOC(C)=O. The van der Waals surface area contributed by atoms with Crippen LogP contribution >= 0.6 is 0 Å². The number of rotatable bonds is 9. The Labute approximate surface area is 123 Å². The summed E-state index contributed by atoms with van der Waals surface area (Å²) < 4.78 is 4.87. The van der Waals surface area contributed by atoms with E-state index in [-0.39, 0.29) is 5.97 Å². The number of ether oxygens (including phenoxy) is 1. The fourth-order valence-electron chi connectivity index (χ4n) is 1.54. The van der Waals surface area contributed by atoms with Crippen molar-refractivity contribution < 1.29 is 9.53 Å². The first-order valence-corrected chi connectivity index (χ1v) is 7.33. The molecule has 0 saturated carbocycles. The van der Waals surface area contributed by atoms with Crippen molar-refractivity contribution in [3.8, 4) is 11.8 Å². The third-order valence-corrected chi connectivity index (χ3v) is 2.56. The van der Waals surface area contributed by atoms with Gasteiger partial charge in [-0.25, -0.2) is 0 Å². The van der Waals surface area contributed by atoms with E-state index in [2.05, 4.69) is 11.8 Å². The van der Waals surface area contributed by atoms with Gasteiger partial charge in [-0.05, 0) is 25.8 Å². The molecule has 0 fully saturated rings. The van der Waals surface area contributed by atoms with E-state index >= 15 is 0 Å². The second-order valence-corrected chi connectivity index (χ2v) is 4.45. The maximum Gasteiger partial charge on any atom is 0.302 e. The Morgan fingerprint density at radius 1 is 1.00 bits per heavy atom. The number of allylic oxidation sites excluding steroid dienone is 6. The zero-order chi connectivity index (χ0) is 14.9. The summed E-state index contributed by atoms with van der Waals surface area (Å²) in [5.74, 6) is 5.97. The fraction of sp³-hybridized carbons (Fsp3) is 0.500. The van der Waals surface area contributed by atoms with Crippen molar-refractivity contribution in [2.24, 2.45) is 0 Å². The van der Waals surface area contributed by atoms with Crippen LogP contribution in [0.25, 0.3) is 0 Å². The minimum absolute atomic E-state index is 0.186. The molecule has 0 N–H and O–H groups in total. The Kier molecular flexibility index (Phi) is 14.0. The zero-order valence-electron chi connectivity index (χ0n) is 12.7. The standard InChI is InChI=1S/C18H26O2/c1-3-4-5-6-7-8-9-10-11-12-13-14-15-16-17-20-18(2)19/h3-8H,11-17H2,1-2H3/b4-3+,6-5+,8-7+. The third-order valence-electron chi connectivity index (χ3n) is 2.56. The quantitative estimate of drug-likeness (QED) is 0.266. The van der Waals surface area contributed by atoms with Gasteiger partial charge >= 0.3 is 5.97 Å². The number of hydrogen-bond acceptors (Lipinski definition) is 2.